The number of alkyl halides is 3. The van der Waals surface area contributed by atoms with E-state index < -0.39 is 11.9 Å². The van der Waals surface area contributed by atoms with Crippen LogP contribution in [0.15, 0.2) is 16.9 Å². The molecule has 0 amide bonds. The molecular formula is C17H11BrF3N7S. The topological polar surface area (TPSA) is 73.8 Å². The minimum absolute atomic E-state index is 0.273. The molecule has 0 unspecified atom stereocenters. The summed E-state index contributed by atoms with van der Waals surface area (Å²) in [7, 11) is 1.79. The molecule has 0 aliphatic carbocycles. The second kappa shape index (κ2) is 5.95. The van der Waals surface area contributed by atoms with Crippen molar-refractivity contribution < 1.29 is 13.2 Å². The van der Waals surface area contributed by atoms with Crippen molar-refractivity contribution in [2.24, 2.45) is 7.05 Å². The van der Waals surface area contributed by atoms with Crippen LogP contribution in [-0.4, -0.2) is 34.3 Å². The van der Waals surface area contributed by atoms with Crippen LogP contribution in [0.25, 0.3) is 37.6 Å². The summed E-state index contributed by atoms with van der Waals surface area (Å²) >= 11 is 4.63. The molecule has 12 heteroatoms. The molecule has 0 saturated carbocycles. The number of aromatic nitrogens is 7. The number of rotatable bonds is 1. The highest BCUT2D eigenvalue weighted by atomic mass is 79.9. The average Bonchev–Trinajstić information content (AvgIpc) is 3.27. The molecule has 0 spiro atoms. The Hall–Kier alpha value is -2.60. The smallest absolute Gasteiger partial charge is 0.263 e. The van der Waals surface area contributed by atoms with Gasteiger partial charge in [-0.25, -0.2) is 19.5 Å². The average molecular weight is 482 g/mol. The molecule has 5 rings (SSSR count). The highest BCUT2D eigenvalue weighted by Crippen LogP contribution is 2.39. The maximum Gasteiger partial charge on any atom is 0.433 e. The number of thiophene rings is 1. The first-order chi connectivity index (χ1) is 13.6. The number of fused-ring (bicyclic) bond motifs is 5. The largest absolute Gasteiger partial charge is 0.433 e. The molecule has 0 N–H and O–H groups in total. The maximum absolute atomic E-state index is 13.2. The number of hydrogen-bond donors (Lipinski definition) is 0. The Kier molecular flexibility index (Phi) is 3.78. The van der Waals surface area contributed by atoms with Gasteiger partial charge in [-0.1, -0.05) is 0 Å². The zero-order chi connectivity index (χ0) is 20.7. The fourth-order valence-corrected chi connectivity index (χ4v) is 5.02. The van der Waals surface area contributed by atoms with Gasteiger partial charge in [0.25, 0.3) is 0 Å². The molecule has 5 aromatic rings. The van der Waals surface area contributed by atoms with Crippen LogP contribution in [-0.2, 0) is 13.2 Å². The van der Waals surface area contributed by atoms with Crippen LogP contribution < -0.4 is 0 Å². The first-order valence-electron chi connectivity index (χ1n) is 8.37. The van der Waals surface area contributed by atoms with Gasteiger partial charge >= 0.3 is 6.18 Å². The molecule has 0 fully saturated rings. The number of hydrogen-bond acceptors (Lipinski definition) is 6. The lowest BCUT2D eigenvalue weighted by molar-refractivity contribution is -0.141. The Morgan fingerprint density at radius 3 is 2.55 bits per heavy atom. The highest BCUT2D eigenvalue weighted by Gasteiger charge is 2.33. The van der Waals surface area contributed by atoms with E-state index in [-0.39, 0.29) is 4.83 Å². The standard InChI is InChI=1S/C17H11BrF3N7S/c1-6-4-8(17(19,20)21)23-16-9(6)11-13(29-16)15-24-14(26-28(15)5-22-11)12-10(18)7(2)25-27(12)3/h4-5H,1-3H3. The number of aryl methyl sites for hydroxylation is 3. The molecule has 29 heavy (non-hydrogen) atoms. The molecule has 148 valence electrons. The van der Waals surface area contributed by atoms with Crippen LogP contribution in [0.1, 0.15) is 17.0 Å². The van der Waals surface area contributed by atoms with Crippen molar-refractivity contribution in [1.82, 2.24) is 34.3 Å². The summed E-state index contributed by atoms with van der Waals surface area (Å²) in [6, 6.07) is 1.05. The molecular weight excluding hydrogens is 471 g/mol. The van der Waals surface area contributed by atoms with E-state index in [9.17, 15) is 13.2 Å². The number of halogens is 4. The Balaban J connectivity index is 1.82. The first kappa shape index (κ1) is 18.4. The molecule has 0 radical (unpaired) electrons. The van der Waals surface area contributed by atoms with Crippen LogP contribution in [0.3, 0.4) is 0 Å². The second-order valence-electron chi connectivity index (χ2n) is 6.60. The molecule has 0 atom stereocenters. The van der Waals surface area contributed by atoms with Gasteiger partial charge in [0.05, 0.1) is 15.7 Å². The van der Waals surface area contributed by atoms with E-state index in [0.717, 1.165) is 27.6 Å². The summed E-state index contributed by atoms with van der Waals surface area (Å²) in [5.74, 6) is 0.437. The predicted octanol–water partition coefficient (Wildman–Crippen LogP) is 4.69. The molecule has 0 aliphatic rings. The number of pyridine rings is 1. The summed E-state index contributed by atoms with van der Waals surface area (Å²) < 4.78 is 44.1. The molecule has 5 heterocycles. The number of nitrogens with zero attached hydrogens (tertiary/aromatic N) is 7. The van der Waals surface area contributed by atoms with Crippen molar-refractivity contribution in [3.05, 3.63) is 33.8 Å². The normalized spacial score (nSPS) is 12.7. The summed E-state index contributed by atoms with van der Waals surface area (Å²) in [5.41, 5.74) is 2.12. The van der Waals surface area contributed by atoms with Gasteiger partial charge in [-0.05, 0) is 41.4 Å². The minimum Gasteiger partial charge on any atom is -0.263 e. The van der Waals surface area contributed by atoms with Gasteiger partial charge < -0.3 is 0 Å². The third kappa shape index (κ3) is 2.65. The van der Waals surface area contributed by atoms with Gasteiger partial charge in [0.1, 0.15) is 27.2 Å². The third-order valence-corrected chi connectivity index (χ3v) is 6.63. The predicted molar refractivity (Wildman–Crippen MR) is 106 cm³/mol. The van der Waals surface area contributed by atoms with Crippen molar-refractivity contribution in [3.63, 3.8) is 0 Å². The quantitative estimate of drug-likeness (QED) is 0.347. The van der Waals surface area contributed by atoms with Crippen LogP contribution in [0.4, 0.5) is 13.2 Å². The van der Waals surface area contributed by atoms with Crippen LogP contribution in [0.5, 0.6) is 0 Å². The Bertz CT molecular complexity index is 1450. The van der Waals surface area contributed by atoms with E-state index in [1.807, 2.05) is 6.92 Å². The van der Waals surface area contributed by atoms with Crippen LogP contribution in [0.2, 0.25) is 0 Å². The van der Waals surface area contributed by atoms with Crippen molar-refractivity contribution in [2.45, 2.75) is 20.0 Å². The Labute approximate surface area is 173 Å². The van der Waals surface area contributed by atoms with E-state index in [1.54, 1.807) is 18.7 Å². The van der Waals surface area contributed by atoms with Gasteiger partial charge in [0.2, 0.25) is 5.82 Å². The van der Waals surface area contributed by atoms with Crippen LogP contribution in [0, 0.1) is 13.8 Å². The van der Waals surface area contributed by atoms with Gasteiger partial charge in [-0.2, -0.15) is 18.3 Å². The van der Waals surface area contributed by atoms with Crippen molar-refractivity contribution in [3.8, 4) is 11.5 Å². The molecule has 0 aliphatic heterocycles. The van der Waals surface area contributed by atoms with E-state index in [4.69, 9.17) is 0 Å². The molecule has 0 bridgehead atoms. The van der Waals surface area contributed by atoms with Gasteiger partial charge in [-0.15, -0.1) is 16.4 Å². The zero-order valence-corrected chi connectivity index (χ0v) is 17.6. The van der Waals surface area contributed by atoms with Crippen molar-refractivity contribution in [1.29, 1.82) is 0 Å². The summed E-state index contributed by atoms with van der Waals surface area (Å²) in [6.45, 7) is 3.49. The summed E-state index contributed by atoms with van der Waals surface area (Å²) in [6.07, 6.45) is -3.00. The lowest BCUT2D eigenvalue weighted by Gasteiger charge is -2.06. The van der Waals surface area contributed by atoms with Gasteiger partial charge in [0.15, 0.2) is 5.65 Å². The molecule has 0 saturated heterocycles. The molecule has 7 nitrogen and oxygen atoms in total. The minimum atomic E-state index is -4.51. The fourth-order valence-electron chi connectivity index (χ4n) is 3.33. The highest BCUT2D eigenvalue weighted by molar-refractivity contribution is 9.10. The Morgan fingerprint density at radius 2 is 1.90 bits per heavy atom. The summed E-state index contributed by atoms with van der Waals surface area (Å²) in [5, 5.41) is 9.43. The van der Waals surface area contributed by atoms with E-state index in [2.05, 4.69) is 41.1 Å². The lowest BCUT2D eigenvalue weighted by Crippen LogP contribution is -2.07. The third-order valence-electron chi connectivity index (χ3n) is 4.62. The van der Waals surface area contributed by atoms with Crippen LogP contribution >= 0.6 is 27.3 Å². The monoisotopic (exact) mass is 481 g/mol. The Morgan fingerprint density at radius 1 is 1.14 bits per heavy atom. The van der Waals surface area contributed by atoms with E-state index in [0.29, 0.717) is 38.3 Å². The first-order valence-corrected chi connectivity index (χ1v) is 9.98. The maximum atomic E-state index is 13.2. The van der Waals surface area contributed by atoms with E-state index in [1.165, 1.54) is 10.8 Å². The second-order valence-corrected chi connectivity index (χ2v) is 8.39. The lowest BCUT2D eigenvalue weighted by atomic mass is 10.1. The van der Waals surface area contributed by atoms with Crippen molar-refractivity contribution >= 4 is 53.3 Å². The van der Waals surface area contributed by atoms with Crippen molar-refractivity contribution in [2.75, 3.05) is 0 Å². The van der Waals surface area contributed by atoms with E-state index >= 15 is 0 Å². The van der Waals surface area contributed by atoms with Gasteiger partial charge in [-0.3, -0.25) is 4.68 Å². The van der Waals surface area contributed by atoms with Gasteiger partial charge in [0, 0.05) is 12.4 Å². The molecule has 0 aromatic carbocycles. The summed E-state index contributed by atoms with van der Waals surface area (Å²) in [4.78, 5) is 13.1. The fraction of sp³-hybridized carbons (Fsp3) is 0.235. The SMILES string of the molecule is Cc1nn(C)c(-c2nc3c4sc5nc(C(F)(F)F)cc(C)c5c4ncn3n2)c1Br. The molecule has 5 aromatic heterocycles. The zero-order valence-electron chi connectivity index (χ0n) is 15.2.